The molecule has 30 heavy (non-hydrogen) atoms. The van der Waals surface area contributed by atoms with E-state index in [-0.39, 0.29) is 11.3 Å². The van der Waals surface area contributed by atoms with E-state index in [0.29, 0.717) is 30.0 Å². The highest BCUT2D eigenvalue weighted by atomic mass is 16.6. The molecule has 1 N–H and O–H groups in total. The van der Waals surface area contributed by atoms with Crippen LogP contribution in [-0.4, -0.2) is 35.9 Å². The number of nitrogens with one attached hydrogen (secondary N) is 1. The van der Waals surface area contributed by atoms with Crippen LogP contribution in [0.1, 0.15) is 19.4 Å². The van der Waals surface area contributed by atoms with Crippen LogP contribution in [-0.2, 0) is 9.59 Å². The molecule has 154 valence electrons. The second-order valence-corrected chi connectivity index (χ2v) is 6.47. The molecule has 0 radical (unpaired) electrons. The molecule has 3 rings (SSSR count). The molecule has 0 bridgehead atoms. The maximum absolute atomic E-state index is 13.0. The zero-order chi connectivity index (χ0) is 21.8. The predicted molar refractivity (Wildman–Crippen MR) is 112 cm³/mol. The van der Waals surface area contributed by atoms with Crippen LogP contribution in [0.5, 0.6) is 0 Å². The molecular weight excluding hydrogens is 388 g/mol. The SMILES string of the molecule is CCN(CC)c1ccc([N+](=O)[O-])cc1/C=C1/C(=O)NC(=O)N(c2ccccc2)C1=O. The fourth-order valence-corrected chi connectivity index (χ4v) is 3.25. The number of hydrogen-bond acceptors (Lipinski definition) is 6. The van der Waals surface area contributed by atoms with E-state index in [2.05, 4.69) is 5.32 Å². The largest absolute Gasteiger partial charge is 0.372 e. The van der Waals surface area contributed by atoms with Crippen LogP contribution in [0.4, 0.5) is 21.9 Å². The van der Waals surface area contributed by atoms with Crippen LogP contribution in [0.25, 0.3) is 6.08 Å². The first-order valence-electron chi connectivity index (χ1n) is 9.37. The van der Waals surface area contributed by atoms with E-state index in [0.717, 1.165) is 4.90 Å². The van der Waals surface area contributed by atoms with Gasteiger partial charge in [-0.15, -0.1) is 0 Å². The Bertz CT molecular complexity index is 1040. The zero-order valence-corrected chi connectivity index (χ0v) is 16.5. The van der Waals surface area contributed by atoms with Crippen molar-refractivity contribution in [2.24, 2.45) is 0 Å². The minimum Gasteiger partial charge on any atom is -0.372 e. The molecule has 1 fully saturated rings. The van der Waals surface area contributed by atoms with Gasteiger partial charge in [-0.1, -0.05) is 18.2 Å². The van der Waals surface area contributed by atoms with Crippen molar-refractivity contribution in [3.8, 4) is 0 Å². The molecule has 2 aromatic carbocycles. The summed E-state index contributed by atoms with van der Waals surface area (Å²) in [7, 11) is 0. The summed E-state index contributed by atoms with van der Waals surface area (Å²) in [5.74, 6) is -1.65. The van der Waals surface area contributed by atoms with Crippen molar-refractivity contribution in [3.63, 3.8) is 0 Å². The molecule has 0 saturated carbocycles. The van der Waals surface area contributed by atoms with Gasteiger partial charge in [-0.05, 0) is 38.1 Å². The van der Waals surface area contributed by atoms with Crippen molar-refractivity contribution in [2.75, 3.05) is 22.9 Å². The summed E-state index contributed by atoms with van der Waals surface area (Å²) in [5, 5.41) is 13.4. The molecule has 0 aromatic heterocycles. The van der Waals surface area contributed by atoms with Gasteiger partial charge in [-0.25, -0.2) is 9.69 Å². The van der Waals surface area contributed by atoms with Crippen molar-refractivity contribution >= 4 is 41.0 Å². The summed E-state index contributed by atoms with van der Waals surface area (Å²) in [6, 6.07) is 11.6. The van der Waals surface area contributed by atoms with E-state index in [1.807, 2.05) is 18.7 Å². The molecule has 0 unspecified atom stereocenters. The number of non-ortho nitro benzene ring substituents is 1. The molecular formula is C21H20N4O5. The number of carbonyl (C=O) groups excluding carboxylic acids is 3. The molecule has 1 aliphatic heterocycles. The topological polar surface area (TPSA) is 113 Å². The number of carbonyl (C=O) groups is 3. The molecule has 9 nitrogen and oxygen atoms in total. The third-order valence-corrected chi connectivity index (χ3v) is 4.74. The lowest BCUT2D eigenvalue weighted by Crippen LogP contribution is -2.54. The normalized spacial score (nSPS) is 15.3. The van der Waals surface area contributed by atoms with Crippen molar-refractivity contribution in [2.45, 2.75) is 13.8 Å². The Morgan fingerprint density at radius 2 is 1.73 bits per heavy atom. The number of nitro benzene ring substituents is 1. The Morgan fingerprint density at radius 1 is 1.07 bits per heavy atom. The Balaban J connectivity index is 2.13. The van der Waals surface area contributed by atoms with Gasteiger partial charge < -0.3 is 4.90 Å². The number of rotatable bonds is 6. The average molecular weight is 408 g/mol. The van der Waals surface area contributed by atoms with Crippen LogP contribution < -0.4 is 15.1 Å². The van der Waals surface area contributed by atoms with Crippen LogP contribution >= 0.6 is 0 Å². The van der Waals surface area contributed by atoms with Crippen molar-refractivity contribution in [1.29, 1.82) is 0 Å². The van der Waals surface area contributed by atoms with Gasteiger partial charge in [0.1, 0.15) is 5.57 Å². The van der Waals surface area contributed by atoms with E-state index >= 15 is 0 Å². The number of para-hydroxylation sites is 1. The first kappa shape index (κ1) is 20.7. The number of nitro groups is 1. The first-order chi connectivity index (χ1) is 14.4. The Labute approximate surface area is 172 Å². The first-order valence-corrected chi connectivity index (χ1v) is 9.37. The van der Waals surface area contributed by atoms with Crippen LogP contribution in [0.15, 0.2) is 54.1 Å². The van der Waals surface area contributed by atoms with Gasteiger partial charge in [0.2, 0.25) is 0 Å². The molecule has 4 amide bonds. The quantitative estimate of drug-likeness (QED) is 0.340. The lowest BCUT2D eigenvalue weighted by atomic mass is 10.0. The lowest BCUT2D eigenvalue weighted by Gasteiger charge is -2.27. The van der Waals surface area contributed by atoms with Crippen LogP contribution in [0.3, 0.4) is 0 Å². The van der Waals surface area contributed by atoms with Crippen molar-refractivity contribution in [1.82, 2.24) is 5.32 Å². The number of anilines is 2. The molecule has 1 saturated heterocycles. The van der Waals surface area contributed by atoms with E-state index in [4.69, 9.17) is 0 Å². The second kappa shape index (κ2) is 8.56. The highest BCUT2D eigenvalue weighted by molar-refractivity contribution is 6.39. The number of urea groups is 1. The number of benzene rings is 2. The predicted octanol–water partition coefficient (Wildman–Crippen LogP) is 3.11. The van der Waals surface area contributed by atoms with E-state index in [1.54, 1.807) is 36.4 Å². The average Bonchev–Trinajstić information content (AvgIpc) is 2.73. The van der Waals surface area contributed by atoms with E-state index in [1.165, 1.54) is 18.2 Å². The van der Waals surface area contributed by atoms with Crippen LogP contribution in [0, 0.1) is 10.1 Å². The van der Waals surface area contributed by atoms with Gasteiger partial charge in [0, 0.05) is 36.5 Å². The van der Waals surface area contributed by atoms with Gasteiger partial charge in [0.15, 0.2) is 0 Å². The Hall–Kier alpha value is -4.01. The van der Waals surface area contributed by atoms with Gasteiger partial charge in [0.05, 0.1) is 10.6 Å². The molecule has 1 aliphatic rings. The molecule has 0 aliphatic carbocycles. The van der Waals surface area contributed by atoms with Gasteiger partial charge in [-0.2, -0.15) is 0 Å². The maximum Gasteiger partial charge on any atom is 0.335 e. The van der Waals surface area contributed by atoms with Gasteiger partial charge in [-0.3, -0.25) is 25.0 Å². The van der Waals surface area contributed by atoms with E-state index < -0.39 is 22.8 Å². The highest BCUT2D eigenvalue weighted by Gasteiger charge is 2.37. The number of hydrogen-bond donors (Lipinski definition) is 1. The number of nitrogens with zero attached hydrogens (tertiary/aromatic N) is 3. The van der Waals surface area contributed by atoms with Gasteiger partial charge >= 0.3 is 6.03 Å². The standard InChI is InChI=1S/C21H20N4O5/c1-3-23(4-2)18-11-10-16(25(29)30)12-14(18)13-17-19(26)22-21(28)24(20(17)27)15-8-6-5-7-9-15/h5-13H,3-4H2,1-2H3,(H,22,26,28)/b17-13-. The second-order valence-electron chi connectivity index (χ2n) is 6.47. The zero-order valence-electron chi connectivity index (χ0n) is 16.5. The smallest absolute Gasteiger partial charge is 0.335 e. The lowest BCUT2D eigenvalue weighted by molar-refractivity contribution is -0.384. The fourth-order valence-electron chi connectivity index (χ4n) is 3.25. The monoisotopic (exact) mass is 408 g/mol. The maximum atomic E-state index is 13.0. The molecule has 0 atom stereocenters. The fraction of sp³-hybridized carbons (Fsp3) is 0.190. The Morgan fingerprint density at radius 3 is 2.33 bits per heavy atom. The summed E-state index contributed by atoms with van der Waals surface area (Å²) in [6.45, 7) is 5.10. The molecule has 0 spiro atoms. The number of barbiturate groups is 1. The third kappa shape index (κ3) is 3.90. The summed E-state index contributed by atoms with van der Waals surface area (Å²) in [5.41, 5.74) is 0.835. The Kier molecular flexibility index (Phi) is 5.91. The number of amides is 4. The van der Waals surface area contributed by atoms with Crippen LogP contribution in [0.2, 0.25) is 0 Å². The highest BCUT2D eigenvalue weighted by Crippen LogP contribution is 2.29. The number of imide groups is 2. The van der Waals surface area contributed by atoms with Crippen molar-refractivity contribution < 1.29 is 19.3 Å². The summed E-state index contributed by atoms with van der Waals surface area (Å²) in [6.07, 6.45) is 1.29. The minimum absolute atomic E-state index is 0.169. The molecule has 9 heteroatoms. The summed E-state index contributed by atoms with van der Waals surface area (Å²) in [4.78, 5) is 51.2. The van der Waals surface area contributed by atoms with Gasteiger partial charge in [0.25, 0.3) is 17.5 Å². The minimum atomic E-state index is -0.853. The molecule has 1 heterocycles. The molecule has 2 aromatic rings. The van der Waals surface area contributed by atoms with E-state index in [9.17, 15) is 24.5 Å². The van der Waals surface area contributed by atoms with Crippen molar-refractivity contribution in [3.05, 3.63) is 69.8 Å². The third-order valence-electron chi connectivity index (χ3n) is 4.74. The summed E-state index contributed by atoms with van der Waals surface area (Å²) < 4.78 is 0. The summed E-state index contributed by atoms with van der Waals surface area (Å²) >= 11 is 0.